The molecular formula is C13H16ClF2N. The molecule has 0 aromatic heterocycles. The molecule has 0 atom stereocenters. The van der Waals surface area contributed by atoms with Gasteiger partial charge in [0.15, 0.2) is 0 Å². The molecule has 0 bridgehead atoms. The van der Waals surface area contributed by atoms with E-state index in [0.717, 1.165) is 32.1 Å². The maximum Gasteiger partial charge on any atom is 0.131 e. The van der Waals surface area contributed by atoms with Crippen LogP contribution in [0.25, 0.3) is 0 Å². The number of hydrogen-bond acceptors (Lipinski definition) is 1. The minimum atomic E-state index is -0.567. The number of nitrogens with two attached hydrogens (primary N) is 1. The van der Waals surface area contributed by atoms with Crippen molar-refractivity contribution < 1.29 is 8.78 Å². The highest BCUT2D eigenvalue weighted by molar-refractivity contribution is 6.30. The molecule has 2 N–H and O–H groups in total. The molecular weight excluding hydrogens is 244 g/mol. The Labute approximate surface area is 105 Å². The summed E-state index contributed by atoms with van der Waals surface area (Å²) in [6, 6.07) is 2.35. The lowest BCUT2D eigenvalue weighted by molar-refractivity contribution is 0.281. The molecule has 1 aliphatic rings. The molecule has 1 aliphatic carbocycles. The summed E-state index contributed by atoms with van der Waals surface area (Å²) in [5.41, 5.74) is 5.36. The molecule has 1 nitrogen and oxygen atoms in total. The summed E-state index contributed by atoms with van der Waals surface area (Å²) < 4.78 is 27.9. The summed E-state index contributed by atoms with van der Waals surface area (Å²) in [6.07, 6.45) is 4.55. The molecule has 1 aromatic rings. The van der Waals surface area contributed by atoms with Crippen molar-refractivity contribution in [1.29, 1.82) is 0 Å². The van der Waals surface area contributed by atoms with E-state index in [9.17, 15) is 8.78 Å². The van der Waals surface area contributed by atoms with Gasteiger partial charge in [0.25, 0.3) is 0 Å². The predicted molar refractivity (Wildman–Crippen MR) is 65.2 cm³/mol. The van der Waals surface area contributed by atoms with Crippen LogP contribution >= 0.6 is 11.6 Å². The van der Waals surface area contributed by atoms with Crippen molar-refractivity contribution in [1.82, 2.24) is 0 Å². The fourth-order valence-corrected chi connectivity index (χ4v) is 3.03. The highest BCUT2D eigenvalue weighted by Gasteiger charge is 2.37. The SMILES string of the molecule is NCC1(c2c(F)cc(Cl)cc2F)CCCCC1. The van der Waals surface area contributed by atoms with Crippen molar-refractivity contribution in [3.05, 3.63) is 34.4 Å². The van der Waals surface area contributed by atoms with Gasteiger partial charge in [0.2, 0.25) is 0 Å². The lowest BCUT2D eigenvalue weighted by Gasteiger charge is -2.37. The third kappa shape index (κ3) is 2.31. The van der Waals surface area contributed by atoms with Gasteiger partial charge in [0, 0.05) is 22.5 Å². The van der Waals surface area contributed by atoms with Crippen molar-refractivity contribution >= 4 is 11.6 Å². The van der Waals surface area contributed by atoms with E-state index < -0.39 is 17.0 Å². The molecule has 0 aliphatic heterocycles. The Hall–Kier alpha value is -0.670. The smallest absolute Gasteiger partial charge is 0.131 e. The highest BCUT2D eigenvalue weighted by atomic mass is 35.5. The quantitative estimate of drug-likeness (QED) is 0.859. The van der Waals surface area contributed by atoms with E-state index in [1.54, 1.807) is 0 Å². The zero-order chi connectivity index (χ0) is 12.5. The molecule has 0 unspecified atom stereocenters. The van der Waals surface area contributed by atoms with E-state index in [1.807, 2.05) is 0 Å². The molecule has 4 heteroatoms. The molecule has 1 aromatic carbocycles. The first kappa shape index (κ1) is 12.8. The Balaban J connectivity index is 2.50. The van der Waals surface area contributed by atoms with Gasteiger partial charge in [0.05, 0.1) is 0 Å². The van der Waals surface area contributed by atoms with Crippen molar-refractivity contribution in [2.45, 2.75) is 37.5 Å². The first-order valence-corrected chi connectivity index (χ1v) is 6.32. The molecule has 1 fully saturated rings. The maximum absolute atomic E-state index is 13.9. The van der Waals surface area contributed by atoms with Crippen LogP contribution in [0.15, 0.2) is 12.1 Å². The standard InChI is InChI=1S/C13H16ClF2N/c14-9-6-10(15)12(11(16)7-9)13(8-17)4-2-1-3-5-13/h6-7H,1-5,8,17H2. The van der Waals surface area contributed by atoms with Crippen LogP contribution in [0.1, 0.15) is 37.7 Å². The summed E-state index contributed by atoms with van der Waals surface area (Å²) in [5.74, 6) is -1.13. The average Bonchev–Trinajstić information content (AvgIpc) is 2.28. The molecule has 0 amide bonds. The molecule has 2 rings (SSSR count). The fraction of sp³-hybridized carbons (Fsp3) is 0.538. The van der Waals surface area contributed by atoms with Crippen LogP contribution < -0.4 is 5.73 Å². The second-order valence-electron chi connectivity index (χ2n) is 4.79. The second kappa shape index (κ2) is 4.91. The van der Waals surface area contributed by atoms with Gasteiger partial charge in [-0.05, 0) is 25.0 Å². The van der Waals surface area contributed by atoms with E-state index in [-0.39, 0.29) is 17.1 Å². The van der Waals surface area contributed by atoms with Crippen molar-refractivity contribution in [3.8, 4) is 0 Å². The van der Waals surface area contributed by atoms with Gasteiger partial charge in [-0.3, -0.25) is 0 Å². The monoisotopic (exact) mass is 259 g/mol. The minimum absolute atomic E-state index is 0.0896. The number of benzene rings is 1. The van der Waals surface area contributed by atoms with Crippen LogP contribution in [0.2, 0.25) is 5.02 Å². The zero-order valence-electron chi connectivity index (χ0n) is 9.61. The van der Waals surface area contributed by atoms with Crippen molar-refractivity contribution in [3.63, 3.8) is 0 Å². The third-order valence-corrected chi connectivity index (χ3v) is 3.96. The number of hydrogen-bond donors (Lipinski definition) is 1. The number of rotatable bonds is 2. The van der Waals surface area contributed by atoms with Gasteiger partial charge in [-0.2, -0.15) is 0 Å². The molecule has 17 heavy (non-hydrogen) atoms. The molecule has 94 valence electrons. The van der Waals surface area contributed by atoms with Gasteiger partial charge in [0.1, 0.15) is 11.6 Å². The highest BCUT2D eigenvalue weighted by Crippen LogP contribution is 2.41. The summed E-state index contributed by atoms with van der Waals surface area (Å²) in [4.78, 5) is 0. The van der Waals surface area contributed by atoms with Crippen LogP contribution in [-0.4, -0.2) is 6.54 Å². The Morgan fingerprint density at radius 1 is 1.12 bits per heavy atom. The molecule has 1 saturated carbocycles. The predicted octanol–water partition coefficient (Wildman–Crippen LogP) is 3.78. The van der Waals surface area contributed by atoms with E-state index in [2.05, 4.69) is 0 Å². The molecule has 0 radical (unpaired) electrons. The topological polar surface area (TPSA) is 26.0 Å². The van der Waals surface area contributed by atoms with Crippen LogP contribution in [0.3, 0.4) is 0 Å². The van der Waals surface area contributed by atoms with Crippen molar-refractivity contribution in [2.24, 2.45) is 5.73 Å². The normalized spacial score (nSPS) is 19.3. The van der Waals surface area contributed by atoms with Crippen molar-refractivity contribution in [2.75, 3.05) is 6.54 Å². The fourth-order valence-electron chi connectivity index (χ4n) is 2.83. The first-order valence-electron chi connectivity index (χ1n) is 5.94. The van der Waals surface area contributed by atoms with Gasteiger partial charge in [-0.15, -0.1) is 0 Å². The van der Waals surface area contributed by atoms with Gasteiger partial charge >= 0.3 is 0 Å². The van der Waals surface area contributed by atoms with Crippen LogP contribution in [-0.2, 0) is 5.41 Å². The summed E-state index contributed by atoms with van der Waals surface area (Å²) in [6.45, 7) is 0.280. The maximum atomic E-state index is 13.9. The van der Waals surface area contributed by atoms with Crippen LogP contribution in [0.5, 0.6) is 0 Å². The Morgan fingerprint density at radius 3 is 2.12 bits per heavy atom. The minimum Gasteiger partial charge on any atom is -0.330 e. The Kier molecular flexibility index (Phi) is 3.69. The van der Waals surface area contributed by atoms with Crippen LogP contribution in [0, 0.1) is 11.6 Å². The van der Waals surface area contributed by atoms with Gasteiger partial charge in [-0.1, -0.05) is 30.9 Å². The largest absolute Gasteiger partial charge is 0.330 e. The third-order valence-electron chi connectivity index (χ3n) is 3.74. The lowest BCUT2D eigenvalue weighted by atomic mass is 9.69. The summed E-state index contributed by atoms with van der Waals surface area (Å²) in [7, 11) is 0. The van der Waals surface area contributed by atoms with Gasteiger partial charge in [-0.25, -0.2) is 8.78 Å². The first-order chi connectivity index (χ1) is 8.09. The molecule has 0 heterocycles. The molecule has 0 saturated heterocycles. The second-order valence-corrected chi connectivity index (χ2v) is 5.23. The van der Waals surface area contributed by atoms with Gasteiger partial charge < -0.3 is 5.73 Å². The lowest BCUT2D eigenvalue weighted by Crippen LogP contribution is -2.38. The molecule has 0 spiro atoms. The van der Waals surface area contributed by atoms with E-state index in [1.165, 1.54) is 12.1 Å². The Bertz CT molecular complexity index is 391. The average molecular weight is 260 g/mol. The summed E-state index contributed by atoms with van der Waals surface area (Å²) >= 11 is 5.64. The zero-order valence-corrected chi connectivity index (χ0v) is 10.4. The van der Waals surface area contributed by atoms with E-state index >= 15 is 0 Å². The number of halogens is 3. The van der Waals surface area contributed by atoms with E-state index in [0.29, 0.717) is 0 Å². The Morgan fingerprint density at radius 2 is 1.65 bits per heavy atom. The van der Waals surface area contributed by atoms with E-state index in [4.69, 9.17) is 17.3 Å². The summed E-state index contributed by atoms with van der Waals surface area (Å²) in [5, 5.41) is 0.0896. The van der Waals surface area contributed by atoms with Crippen LogP contribution in [0.4, 0.5) is 8.78 Å².